The third-order valence-electron chi connectivity index (χ3n) is 5.66. The van der Waals surface area contributed by atoms with E-state index in [4.69, 9.17) is 14.6 Å². The van der Waals surface area contributed by atoms with Crippen LogP contribution in [0.4, 0.5) is 4.79 Å². The van der Waals surface area contributed by atoms with E-state index in [0.717, 1.165) is 11.1 Å². The van der Waals surface area contributed by atoms with Crippen LogP contribution in [0.1, 0.15) is 43.2 Å². The van der Waals surface area contributed by atoms with Crippen molar-refractivity contribution in [3.8, 4) is 11.1 Å². The number of fused-ring (bicyclic) bond motifs is 3. The number of rotatable bonds is 12. The fourth-order valence-electron chi connectivity index (χ4n) is 3.98. The van der Waals surface area contributed by atoms with Crippen LogP contribution in [0.5, 0.6) is 0 Å². The summed E-state index contributed by atoms with van der Waals surface area (Å²) in [7, 11) is 0. The van der Waals surface area contributed by atoms with Crippen molar-refractivity contribution in [1.82, 2.24) is 10.6 Å². The lowest BCUT2D eigenvalue weighted by molar-refractivity contribution is -0.137. The molecule has 3 rings (SSSR count). The number of ether oxygens (including phenoxy) is 2. The predicted octanol–water partition coefficient (Wildman–Crippen LogP) is 3.30. The van der Waals surface area contributed by atoms with E-state index in [1.54, 1.807) is 0 Å². The van der Waals surface area contributed by atoms with Crippen LogP contribution in [0.2, 0.25) is 0 Å². The van der Waals surface area contributed by atoms with Gasteiger partial charge < -0.3 is 25.2 Å². The Morgan fingerprint density at radius 1 is 1.03 bits per heavy atom. The maximum absolute atomic E-state index is 12.1. The molecule has 1 atom stereocenters. The lowest BCUT2D eigenvalue weighted by atomic mass is 9.98. The summed E-state index contributed by atoms with van der Waals surface area (Å²) in [6, 6.07) is 16.1. The van der Waals surface area contributed by atoms with Crippen LogP contribution in [-0.2, 0) is 19.1 Å². The van der Waals surface area contributed by atoms with E-state index < -0.39 is 12.1 Å². The molecule has 1 unspecified atom stereocenters. The summed E-state index contributed by atoms with van der Waals surface area (Å²) >= 11 is 0. The molecule has 0 spiro atoms. The van der Waals surface area contributed by atoms with Crippen LogP contribution < -0.4 is 10.6 Å². The molecule has 33 heavy (non-hydrogen) atoms. The van der Waals surface area contributed by atoms with Gasteiger partial charge in [-0.15, -0.1) is 0 Å². The third-order valence-corrected chi connectivity index (χ3v) is 5.66. The van der Waals surface area contributed by atoms with Gasteiger partial charge in [-0.3, -0.25) is 9.59 Å². The van der Waals surface area contributed by atoms with Crippen molar-refractivity contribution in [2.24, 2.45) is 0 Å². The van der Waals surface area contributed by atoms with Gasteiger partial charge in [0, 0.05) is 24.9 Å². The topological polar surface area (TPSA) is 114 Å². The second-order valence-corrected chi connectivity index (χ2v) is 7.91. The Kier molecular flexibility index (Phi) is 8.83. The van der Waals surface area contributed by atoms with Crippen molar-refractivity contribution in [2.45, 2.75) is 38.1 Å². The van der Waals surface area contributed by atoms with Crippen molar-refractivity contribution in [1.29, 1.82) is 0 Å². The molecule has 0 aliphatic heterocycles. The van der Waals surface area contributed by atoms with Gasteiger partial charge in [-0.05, 0) is 35.1 Å². The Labute approximate surface area is 193 Å². The number of aliphatic carboxylic acids is 1. The maximum Gasteiger partial charge on any atom is 0.407 e. The summed E-state index contributed by atoms with van der Waals surface area (Å²) in [5.41, 5.74) is 4.63. The molecule has 2 aromatic rings. The number of carbonyl (C=O) groups is 3. The normalized spacial score (nSPS) is 13.0. The quantitative estimate of drug-likeness (QED) is 0.424. The molecule has 2 aromatic carbocycles. The SMILES string of the molecule is CCC(CCC(=O)O)NC(=O)COCCNC(=O)OCC1c2ccccc2-c2ccccc21. The van der Waals surface area contributed by atoms with E-state index in [2.05, 4.69) is 34.9 Å². The highest BCUT2D eigenvalue weighted by molar-refractivity contribution is 5.79. The molecular weight excluding hydrogens is 424 g/mol. The van der Waals surface area contributed by atoms with E-state index in [0.29, 0.717) is 12.8 Å². The Balaban J connectivity index is 1.35. The van der Waals surface area contributed by atoms with Crippen molar-refractivity contribution in [2.75, 3.05) is 26.4 Å². The van der Waals surface area contributed by atoms with Crippen molar-refractivity contribution >= 4 is 18.0 Å². The number of alkyl carbamates (subject to hydrolysis) is 1. The van der Waals surface area contributed by atoms with Gasteiger partial charge in [0.2, 0.25) is 5.91 Å². The number of nitrogens with one attached hydrogen (secondary N) is 2. The van der Waals surface area contributed by atoms with Gasteiger partial charge in [-0.1, -0.05) is 55.5 Å². The summed E-state index contributed by atoms with van der Waals surface area (Å²) < 4.78 is 10.7. The number of carboxylic acid groups (broad SMARTS) is 1. The van der Waals surface area contributed by atoms with E-state index in [1.807, 2.05) is 31.2 Å². The van der Waals surface area contributed by atoms with Crippen LogP contribution in [0.25, 0.3) is 11.1 Å². The molecule has 0 aromatic heterocycles. The van der Waals surface area contributed by atoms with Crippen LogP contribution in [-0.4, -0.2) is 55.5 Å². The molecule has 0 saturated carbocycles. The minimum atomic E-state index is -0.891. The molecule has 1 aliphatic carbocycles. The van der Waals surface area contributed by atoms with Gasteiger partial charge in [-0.25, -0.2) is 4.79 Å². The summed E-state index contributed by atoms with van der Waals surface area (Å²) in [5.74, 6) is -1.21. The first-order valence-electron chi connectivity index (χ1n) is 11.2. The molecule has 0 saturated heterocycles. The number of amides is 2. The van der Waals surface area contributed by atoms with Gasteiger partial charge in [0.1, 0.15) is 13.2 Å². The first-order valence-corrected chi connectivity index (χ1v) is 11.2. The standard InChI is InChI=1S/C25H30N2O6/c1-2-17(11-12-24(29)30)27-23(28)16-32-14-13-26-25(31)33-15-22-20-9-5-3-7-18(20)19-8-4-6-10-21(19)22/h3-10,17,22H,2,11-16H2,1H3,(H,26,31)(H,27,28)(H,29,30). The Hall–Kier alpha value is -3.39. The molecule has 0 bridgehead atoms. The third kappa shape index (κ3) is 6.79. The summed E-state index contributed by atoms with van der Waals surface area (Å²) in [6.07, 6.45) is 0.483. The molecule has 3 N–H and O–H groups in total. The second kappa shape index (κ2) is 12.0. The Bertz CT molecular complexity index is 931. The van der Waals surface area contributed by atoms with Crippen molar-refractivity contribution < 1.29 is 29.0 Å². The first-order chi connectivity index (χ1) is 16.0. The average molecular weight is 455 g/mol. The van der Waals surface area contributed by atoms with Gasteiger partial charge in [0.25, 0.3) is 0 Å². The molecule has 8 nitrogen and oxygen atoms in total. The van der Waals surface area contributed by atoms with E-state index in [-0.39, 0.29) is 50.7 Å². The molecule has 1 aliphatic rings. The number of carbonyl (C=O) groups excluding carboxylic acids is 2. The lowest BCUT2D eigenvalue weighted by Crippen LogP contribution is -2.38. The minimum absolute atomic E-state index is 0.00367. The Morgan fingerprint density at radius 2 is 1.67 bits per heavy atom. The van der Waals surface area contributed by atoms with E-state index in [9.17, 15) is 14.4 Å². The number of hydrogen-bond acceptors (Lipinski definition) is 5. The van der Waals surface area contributed by atoms with Gasteiger partial charge >= 0.3 is 12.1 Å². The highest BCUT2D eigenvalue weighted by Gasteiger charge is 2.28. The molecular formula is C25H30N2O6. The molecule has 8 heteroatoms. The van der Waals surface area contributed by atoms with Crippen LogP contribution in [0.3, 0.4) is 0 Å². The molecule has 0 fully saturated rings. The number of benzene rings is 2. The molecule has 0 radical (unpaired) electrons. The molecule has 0 heterocycles. The predicted molar refractivity (Wildman–Crippen MR) is 123 cm³/mol. The fraction of sp³-hybridized carbons (Fsp3) is 0.400. The number of carboxylic acids is 1. The first kappa shape index (κ1) is 24.3. The summed E-state index contributed by atoms with van der Waals surface area (Å²) in [6.45, 7) is 2.32. The smallest absolute Gasteiger partial charge is 0.407 e. The van der Waals surface area contributed by atoms with Gasteiger partial charge in [-0.2, -0.15) is 0 Å². The van der Waals surface area contributed by atoms with E-state index >= 15 is 0 Å². The fourth-order valence-corrected chi connectivity index (χ4v) is 3.98. The lowest BCUT2D eigenvalue weighted by Gasteiger charge is -2.16. The molecule has 176 valence electrons. The second-order valence-electron chi connectivity index (χ2n) is 7.91. The van der Waals surface area contributed by atoms with Crippen molar-refractivity contribution in [3.63, 3.8) is 0 Å². The van der Waals surface area contributed by atoms with Crippen LogP contribution >= 0.6 is 0 Å². The average Bonchev–Trinajstić information content (AvgIpc) is 3.13. The zero-order valence-corrected chi connectivity index (χ0v) is 18.7. The zero-order valence-electron chi connectivity index (χ0n) is 18.7. The highest BCUT2D eigenvalue weighted by Crippen LogP contribution is 2.44. The van der Waals surface area contributed by atoms with Gasteiger partial charge in [0.15, 0.2) is 0 Å². The largest absolute Gasteiger partial charge is 0.481 e. The van der Waals surface area contributed by atoms with Crippen LogP contribution in [0.15, 0.2) is 48.5 Å². The summed E-state index contributed by atoms with van der Waals surface area (Å²) in [4.78, 5) is 34.7. The van der Waals surface area contributed by atoms with E-state index in [1.165, 1.54) is 11.1 Å². The Morgan fingerprint density at radius 3 is 2.27 bits per heavy atom. The zero-order chi connectivity index (χ0) is 23.6. The number of hydrogen-bond donors (Lipinski definition) is 3. The monoisotopic (exact) mass is 454 g/mol. The summed E-state index contributed by atoms with van der Waals surface area (Å²) in [5, 5.41) is 14.1. The van der Waals surface area contributed by atoms with Gasteiger partial charge in [0.05, 0.1) is 6.61 Å². The van der Waals surface area contributed by atoms with Crippen LogP contribution in [0, 0.1) is 0 Å². The maximum atomic E-state index is 12.1. The van der Waals surface area contributed by atoms with Crippen molar-refractivity contribution in [3.05, 3.63) is 59.7 Å². The molecule has 2 amide bonds. The minimum Gasteiger partial charge on any atom is -0.481 e. The highest BCUT2D eigenvalue weighted by atomic mass is 16.5.